The van der Waals surface area contributed by atoms with Crippen molar-refractivity contribution in [2.45, 2.75) is 45.3 Å². The molecular formula is C16H20BBrClNO5. The average molecular weight is 433 g/mol. The lowest BCUT2D eigenvalue weighted by atomic mass is 9.83. The molecule has 2 N–H and O–H groups in total. The van der Waals surface area contributed by atoms with Gasteiger partial charge in [0.05, 0.1) is 0 Å². The molecule has 136 valence electrons. The van der Waals surface area contributed by atoms with Gasteiger partial charge in [0.15, 0.2) is 5.92 Å². The summed E-state index contributed by atoms with van der Waals surface area (Å²) in [4.78, 5) is 24.3. The van der Waals surface area contributed by atoms with Crippen LogP contribution in [0.3, 0.4) is 0 Å². The van der Waals surface area contributed by atoms with Crippen molar-refractivity contribution < 1.29 is 24.1 Å². The molecule has 0 radical (unpaired) electrons. The van der Waals surface area contributed by atoms with E-state index in [2.05, 4.69) is 21.2 Å². The molecule has 1 aliphatic heterocycles. The van der Waals surface area contributed by atoms with Crippen molar-refractivity contribution in [3.8, 4) is 0 Å². The number of benzene rings is 1. The Morgan fingerprint density at radius 2 is 1.96 bits per heavy atom. The first-order chi connectivity index (χ1) is 11.6. The summed E-state index contributed by atoms with van der Waals surface area (Å²) in [6, 6.07) is 5.10. The summed E-state index contributed by atoms with van der Waals surface area (Å²) in [5, 5.41) is 13.2. The van der Waals surface area contributed by atoms with Crippen LogP contribution in [-0.4, -0.2) is 35.8 Å². The second-order valence-corrected chi connectivity index (χ2v) is 7.83. The number of hydrogen-bond acceptors (Lipinski definition) is 6. The van der Waals surface area contributed by atoms with Crippen molar-refractivity contribution in [2.75, 3.05) is 0 Å². The van der Waals surface area contributed by atoms with Crippen molar-refractivity contribution in [1.29, 1.82) is 0 Å². The highest BCUT2D eigenvalue weighted by Gasteiger charge is 2.44. The van der Waals surface area contributed by atoms with Crippen molar-refractivity contribution in [1.82, 2.24) is 5.23 Å². The molecule has 0 saturated carbocycles. The Bertz CT molecular complexity index is 650. The lowest BCUT2D eigenvalue weighted by Gasteiger charge is -2.34. The van der Waals surface area contributed by atoms with Crippen molar-refractivity contribution in [3.63, 3.8) is 0 Å². The lowest BCUT2D eigenvalue weighted by Crippen LogP contribution is -2.50. The van der Waals surface area contributed by atoms with Crippen molar-refractivity contribution in [2.24, 2.45) is 5.92 Å². The van der Waals surface area contributed by atoms with E-state index in [0.29, 0.717) is 11.4 Å². The summed E-state index contributed by atoms with van der Waals surface area (Å²) >= 11 is 9.59. The van der Waals surface area contributed by atoms with Crippen LogP contribution in [0.25, 0.3) is 0 Å². The first kappa shape index (κ1) is 20.2. The first-order valence-corrected chi connectivity index (χ1v) is 9.08. The maximum absolute atomic E-state index is 12.2. The van der Waals surface area contributed by atoms with E-state index in [4.69, 9.17) is 21.1 Å². The molecule has 0 aromatic heterocycles. The molecule has 0 unspecified atom stereocenters. The smallest absolute Gasteiger partial charge is 0.373 e. The summed E-state index contributed by atoms with van der Waals surface area (Å²) in [6.07, 6.45) is 0.558. The Morgan fingerprint density at radius 3 is 2.48 bits per heavy atom. The van der Waals surface area contributed by atoms with Gasteiger partial charge >= 0.3 is 19.0 Å². The molecule has 1 aliphatic rings. The number of halogens is 2. The Balaban J connectivity index is 2.15. The van der Waals surface area contributed by atoms with E-state index in [1.807, 2.05) is 12.1 Å². The topological polar surface area (TPSA) is 84.9 Å². The van der Waals surface area contributed by atoms with Crippen LogP contribution in [0.5, 0.6) is 0 Å². The van der Waals surface area contributed by atoms with Gasteiger partial charge in [-0.2, -0.15) is 0 Å². The predicted octanol–water partition coefficient (Wildman–Crippen LogP) is 2.56. The highest BCUT2D eigenvalue weighted by Crippen LogP contribution is 2.28. The summed E-state index contributed by atoms with van der Waals surface area (Å²) in [5.41, 5.74) is 0.834. The summed E-state index contributed by atoms with van der Waals surface area (Å²) < 4.78 is 11.1. The second kappa shape index (κ2) is 8.08. The normalized spacial score (nSPS) is 18.5. The van der Waals surface area contributed by atoms with Crippen LogP contribution < -0.4 is 5.23 Å². The Hall–Kier alpha value is -1.09. The third-order valence-electron chi connectivity index (χ3n) is 3.74. The van der Waals surface area contributed by atoms with Gasteiger partial charge in [0, 0.05) is 29.4 Å². The van der Waals surface area contributed by atoms with Gasteiger partial charge < -0.3 is 19.7 Å². The van der Waals surface area contributed by atoms with Crippen LogP contribution in [0, 0.1) is 5.92 Å². The van der Waals surface area contributed by atoms with Crippen LogP contribution in [0.2, 0.25) is 11.8 Å². The summed E-state index contributed by atoms with van der Waals surface area (Å²) in [5.74, 6) is -3.55. The Labute approximate surface area is 160 Å². The molecule has 0 spiro atoms. The third kappa shape index (κ3) is 5.71. The van der Waals surface area contributed by atoms with Crippen molar-refractivity contribution >= 4 is 46.5 Å². The van der Waals surface area contributed by atoms with E-state index >= 15 is 0 Å². The van der Waals surface area contributed by atoms with Gasteiger partial charge in [0.2, 0.25) is 0 Å². The summed E-state index contributed by atoms with van der Waals surface area (Å²) in [7, 11) is -0.814. The molecule has 25 heavy (non-hydrogen) atoms. The van der Waals surface area contributed by atoms with Crippen molar-refractivity contribution in [3.05, 3.63) is 33.3 Å². The molecule has 1 fully saturated rings. The highest BCUT2D eigenvalue weighted by molar-refractivity contribution is 9.10. The fraction of sp³-hybridized carbons (Fsp3) is 0.500. The van der Waals surface area contributed by atoms with Gasteiger partial charge in [0.25, 0.3) is 5.79 Å². The highest BCUT2D eigenvalue weighted by atomic mass is 79.9. The van der Waals surface area contributed by atoms with E-state index in [0.717, 1.165) is 10.0 Å². The van der Waals surface area contributed by atoms with Gasteiger partial charge in [-0.25, -0.2) is 0 Å². The minimum Gasteiger partial charge on any atom is -0.437 e. The molecule has 0 aliphatic carbocycles. The molecule has 1 saturated heterocycles. The number of carbonyl (C=O) groups excluding carboxylic acids is 2. The number of cyclic esters (lactones) is 2. The van der Waals surface area contributed by atoms with Gasteiger partial charge in [-0.1, -0.05) is 33.6 Å². The predicted molar refractivity (Wildman–Crippen MR) is 98.0 cm³/mol. The molecule has 1 heterocycles. The van der Waals surface area contributed by atoms with Crippen LogP contribution in [0.4, 0.5) is 0 Å². The van der Waals surface area contributed by atoms with Crippen LogP contribution >= 0.6 is 27.5 Å². The van der Waals surface area contributed by atoms with Crippen LogP contribution in [0.1, 0.15) is 25.8 Å². The molecule has 1 aromatic carbocycles. The Morgan fingerprint density at radius 1 is 1.36 bits per heavy atom. The largest absolute Gasteiger partial charge is 0.437 e. The maximum atomic E-state index is 12.2. The minimum absolute atomic E-state index is 0.130. The average Bonchev–Trinajstić information content (AvgIpc) is 2.44. The number of hydrogen-bond donors (Lipinski definition) is 2. The molecule has 1 atom stereocenters. The fourth-order valence-electron chi connectivity index (χ4n) is 2.72. The van der Waals surface area contributed by atoms with Gasteiger partial charge in [-0.15, -0.1) is 0 Å². The van der Waals surface area contributed by atoms with Gasteiger partial charge in [-0.3, -0.25) is 9.59 Å². The van der Waals surface area contributed by atoms with Crippen LogP contribution in [0.15, 0.2) is 22.7 Å². The molecular weight excluding hydrogens is 412 g/mol. The minimum atomic E-state index is -1.26. The molecule has 9 heteroatoms. The molecule has 1 aromatic rings. The zero-order valence-electron chi connectivity index (χ0n) is 14.2. The monoisotopic (exact) mass is 431 g/mol. The van der Waals surface area contributed by atoms with Gasteiger partial charge in [-0.05, 0) is 37.4 Å². The zero-order chi connectivity index (χ0) is 18.8. The van der Waals surface area contributed by atoms with E-state index in [1.54, 1.807) is 12.9 Å². The summed E-state index contributed by atoms with van der Waals surface area (Å²) in [6.45, 7) is 4.58. The quantitative estimate of drug-likeness (QED) is 0.408. The number of nitrogens with one attached hydrogen (secondary N) is 1. The lowest BCUT2D eigenvalue weighted by molar-refractivity contribution is -0.240. The number of carbonyl (C=O) groups is 2. The molecule has 6 nitrogen and oxygen atoms in total. The van der Waals surface area contributed by atoms with Crippen LogP contribution in [-0.2, 0) is 25.5 Å². The standard InChI is InChI=1S/C16H20BBrClNO5/c1-16(2)24-14(21)12(15(22)25-16)8-11(20-17(3)23)6-9-4-5-10(18)7-13(9)19/h4-5,7,11-12,20,23H,6,8H2,1-3H3/t11-/m1/s1. The van der Waals surface area contributed by atoms with E-state index in [1.165, 1.54) is 13.8 Å². The first-order valence-electron chi connectivity index (χ1n) is 7.91. The SMILES string of the molecule is CB(O)N[C@H](Cc1ccc(Br)cc1Cl)CC1C(=O)OC(C)(C)OC1=O. The van der Waals surface area contributed by atoms with E-state index in [-0.39, 0.29) is 12.5 Å². The second-order valence-electron chi connectivity index (χ2n) is 6.51. The molecule has 0 amide bonds. The molecule has 2 rings (SSSR count). The Kier molecular flexibility index (Phi) is 6.53. The maximum Gasteiger partial charge on any atom is 0.373 e. The number of esters is 2. The zero-order valence-corrected chi connectivity index (χ0v) is 16.6. The van der Waals surface area contributed by atoms with E-state index < -0.39 is 30.7 Å². The fourth-order valence-corrected chi connectivity index (χ4v) is 3.48. The number of rotatable bonds is 6. The van der Waals surface area contributed by atoms with E-state index in [9.17, 15) is 14.6 Å². The molecule has 0 bridgehead atoms. The third-order valence-corrected chi connectivity index (χ3v) is 4.59. The number of ether oxygens (including phenoxy) is 2. The van der Waals surface area contributed by atoms with Gasteiger partial charge in [0.1, 0.15) is 0 Å².